The van der Waals surface area contributed by atoms with Crippen molar-refractivity contribution in [3.05, 3.63) is 69.9 Å². The molecule has 0 fully saturated rings. The summed E-state index contributed by atoms with van der Waals surface area (Å²) in [6.45, 7) is 3.84. The predicted molar refractivity (Wildman–Crippen MR) is 111 cm³/mol. The lowest BCUT2D eigenvalue weighted by molar-refractivity contribution is -0.384. The summed E-state index contributed by atoms with van der Waals surface area (Å²) in [5.74, 6) is -0.122. The molecule has 0 unspecified atom stereocenters. The van der Waals surface area contributed by atoms with Gasteiger partial charge in [0.2, 0.25) is 0 Å². The lowest BCUT2D eigenvalue weighted by Gasteiger charge is -2.14. The zero-order chi connectivity index (χ0) is 22.1. The smallest absolute Gasteiger partial charge is 0.270 e. The van der Waals surface area contributed by atoms with E-state index >= 15 is 0 Å². The fraction of sp³-hybridized carbons (Fsp3) is 0.250. The molecule has 0 radical (unpaired) electrons. The van der Waals surface area contributed by atoms with Crippen molar-refractivity contribution in [2.75, 3.05) is 0 Å². The summed E-state index contributed by atoms with van der Waals surface area (Å²) in [4.78, 5) is 32.2. The maximum absolute atomic E-state index is 13.0. The van der Waals surface area contributed by atoms with E-state index in [1.165, 1.54) is 23.0 Å². The van der Waals surface area contributed by atoms with E-state index in [0.717, 1.165) is 11.3 Å². The van der Waals surface area contributed by atoms with E-state index in [1.807, 2.05) is 27.1 Å². The van der Waals surface area contributed by atoms with Gasteiger partial charge in [-0.3, -0.25) is 19.6 Å². The minimum Gasteiger partial charge on any atom is -0.348 e. The first-order valence-corrected chi connectivity index (χ1v) is 9.57. The molecule has 3 aromatic heterocycles. The van der Waals surface area contributed by atoms with Gasteiger partial charge >= 0.3 is 0 Å². The number of carbonyl (C=O) groups excluding carboxylic acids is 1. The van der Waals surface area contributed by atoms with E-state index in [9.17, 15) is 14.9 Å². The number of rotatable bonds is 6. The number of nitrogens with zero attached hydrogens (tertiary/aromatic N) is 7. The first kappa shape index (κ1) is 20.1. The molecule has 31 heavy (non-hydrogen) atoms. The molecule has 158 valence electrons. The summed E-state index contributed by atoms with van der Waals surface area (Å²) in [7, 11) is 1.85. The van der Waals surface area contributed by atoms with Gasteiger partial charge in [0.25, 0.3) is 17.4 Å². The summed E-state index contributed by atoms with van der Waals surface area (Å²) >= 11 is 0. The van der Waals surface area contributed by atoms with Crippen molar-refractivity contribution in [1.29, 1.82) is 0 Å². The van der Waals surface area contributed by atoms with Crippen LogP contribution in [-0.4, -0.2) is 46.2 Å². The summed E-state index contributed by atoms with van der Waals surface area (Å²) in [6.07, 6.45) is 3.86. The third-order valence-electron chi connectivity index (χ3n) is 4.86. The standard InChI is InChI=1S/C20H20N8O3/c1-12(7-15-10-26(3)25-13(15)2)23-19(29)18-9-17(24-20-21-11-22-27(18)20)14-5-4-6-16(8-14)28(30)31/h4-6,8-12H,7H2,1-3H3,(H,23,29)/t12-/m1/s1. The number of non-ortho nitro benzene ring substituents is 1. The number of hydrogen-bond donors (Lipinski definition) is 1. The van der Waals surface area contributed by atoms with Crippen molar-refractivity contribution >= 4 is 17.4 Å². The Kier molecular flexibility index (Phi) is 5.15. The van der Waals surface area contributed by atoms with Crippen LogP contribution < -0.4 is 5.32 Å². The Hall–Kier alpha value is -4.15. The van der Waals surface area contributed by atoms with Gasteiger partial charge in [-0.15, -0.1) is 0 Å². The summed E-state index contributed by atoms with van der Waals surface area (Å²) in [5, 5.41) is 22.5. The number of nitro groups is 1. The molecule has 0 saturated heterocycles. The maximum Gasteiger partial charge on any atom is 0.270 e. The largest absolute Gasteiger partial charge is 0.348 e. The molecule has 1 aromatic carbocycles. The highest BCUT2D eigenvalue weighted by Crippen LogP contribution is 2.23. The van der Waals surface area contributed by atoms with Gasteiger partial charge in [-0.25, -0.2) is 4.98 Å². The van der Waals surface area contributed by atoms with Crippen LogP contribution in [0.5, 0.6) is 0 Å². The van der Waals surface area contributed by atoms with E-state index in [-0.39, 0.29) is 29.1 Å². The van der Waals surface area contributed by atoms with E-state index < -0.39 is 4.92 Å². The maximum atomic E-state index is 13.0. The topological polar surface area (TPSA) is 133 Å². The number of fused-ring (bicyclic) bond motifs is 1. The van der Waals surface area contributed by atoms with Gasteiger partial charge in [0.15, 0.2) is 0 Å². The highest BCUT2D eigenvalue weighted by molar-refractivity contribution is 5.94. The molecule has 0 spiro atoms. The molecule has 0 aliphatic heterocycles. The molecular weight excluding hydrogens is 400 g/mol. The van der Waals surface area contributed by atoms with Crippen LogP contribution >= 0.6 is 0 Å². The van der Waals surface area contributed by atoms with Gasteiger partial charge in [0.1, 0.15) is 12.0 Å². The number of benzene rings is 1. The second kappa shape index (κ2) is 7.94. The van der Waals surface area contributed by atoms with Crippen LogP contribution in [0.15, 0.2) is 42.9 Å². The Bertz CT molecular complexity index is 1290. The van der Waals surface area contributed by atoms with Crippen LogP contribution in [0.1, 0.15) is 28.7 Å². The van der Waals surface area contributed by atoms with Crippen molar-refractivity contribution in [2.24, 2.45) is 7.05 Å². The molecule has 0 aliphatic rings. The number of aromatic nitrogens is 6. The summed E-state index contributed by atoms with van der Waals surface area (Å²) in [6, 6.07) is 7.46. The molecule has 11 heteroatoms. The van der Waals surface area contributed by atoms with Crippen molar-refractivity contribution in [3.63, 3.8) is 0 Å². The monoisotopic (exact) mass is 420 g/mol. The van der Waals surface area contributed by atoms with Crippen LogP contribution in [-0.2, 0) is 13.5 Å². The van der Waals surface area contributed by atoms with E-state index in [0.29, 0.717) is 17.7 Å². The van der Waals surface area contributed by atoms with Crippen molar-refractivity contribution < 1.29 is 9.72 Å². The van der Waals surface area contributed by atoms with Crippen LogP contribution in [0.4, 0.5) is 5.69 Å². The first-order valence-electron chi connectivity index (χ1n) is 9.57. The molecule has 4 rings (SSSR count). The Balaban J connectivity index is 1.64. The van der Waals surface area contributed by atoms with Crippen molar-refractivity contribution in [1.82, 2.24) is 34.7 Å². The number of carbonyl (C=O) groups is 1. The second-order valence-corrected chi connectivity index (χ2v) is 7.30. The summed E-state index contributed by atoms with van der Waals surface area (Å²) in [5.41, 5.74) is 3.04. The first-order chi connectivity index (χ1) is 14.8. The van der Waals surface area contributed by atoms with Gasteiger partial charge in [-0.05, 0) is 31.9 Å². The molecule has 3 heterocycles. The zero-order valence-electron chi connectivity index (χ0n) is 17.2. The average Bonchev–Trinajstić information content (AvgIpc) is 3.32. The van der Waals surface area contributed by atoms with Gasteiger partial charge < -0.3 is 5.32 Å². The van der Waals surface area contributed by atoms with Crippen molar-refractivity contribution in [2.45, 2.75) is 26.3 Å². The quantitative estimate of drug-likeness (QED) is 0.373. The molecule has 0 bridgehead atoms. The third kappa shape index (κ3) is 4.10. The van der Waals surface area contributed by atoms with Crippen LogP contribution in [0, 0.1) is 17.0 Å². The SMILES string of the molecule is Cc1nn(C)cc1C[C@@H](C)NC(=O)c1cc(-c2cccc([N+](=O)[O-])c2)nc2ncnn12. The molecule has 1 atom stereocenters. The fourth-order valence-corrected chi connectivity index (χ4v) is 3.43. The number of amides is 1. The molecule has 1 N–H and O–H groups in total. The van der Waals surface area contributed by atoms with Crippen LogP contribution in [0.3, 0.4) is 0 Å². The molecule has 1 amide bonds. The van der Waals surface area contributed by atoms with Gasteiger partial charge in [-0.2, -0.15) is 19.7 Å². The van der Waals surface area contributed by atoms with E-state index in [4.69, 9.17) is 0 Å². The lowest BCUT2D eigenvalue weighted by Crippen LogP contribution is -2.35. The lowest BCUT2D eigenvalue weighted by atomic mass is 10.1. The number of hydrogen-bond acceptors (Lipinski definition) is 7. The molecule has 4 aromatic rings. The predicted octanol–water partition coefficient (Wildman–Crippen LogP) is 2.10. The average molecular weight is 420 g/mol. The molecule has 11 nitrogen and oxygen atoms in total. The van der Waals surface area contributed by atoms with Gasteiger partial charge in [0.05, 0.1) is 16.3 Å². The molecular formula is C20H20N8O3. The zero-order valence-corrected chi connectivity index (χ0v) is 17.2. The highest BCUT2D eigenvalue weighted by atomic mass is 16.6. The number of nitro benzene ring substituents is 1. The Morgan fingerprint density at radius 1 is 1.32 bits per heavy atom. The minimum absolute atomic E-state index is 0.0629. The van der Waals surface area contributed by atoms with E-state index in [2.05, 4.69) is 25.5 Å². The Morgan fingerprint density at radius 2 is 2.13 bits per heavy atom. The Morgan fingerprint density at radius 3 is 2.84 bits per heavy atom. The summed E-state index contributed by atoms with van der Waals surface area (Å²) < 4.78 is 3.09. The van der Waals surface area contributed by atoms with Crippen molar-refractivity contribution in [3.8, 4) is 11.3 Å². The highest BCUT2D eigenvalue weighted by Gasteiger charge is 2.19. The number of nitrogens with one attached hydrogen (secondary N) is 1. The minimum atomic E-state index is -0.477. The van der Waals surface area contributed by atoms with E-state index in [1.54, 1.807) is 22.9 Å². The molecule has 0 aliphatic carbocycles. The molecule has 0 saturated carbocycles. The third-order valence-corrected chi connectivity index (χ3v) is 4.86. The second-order valence-electron chi connectivity index (χ2n) is 7.30. The fourth-order valence-electron chi connectivity index (χ4n) is 3.43. The van der Waals surface area contributed by atoms with Crippen LogP contribution in [0.25, 0.3) is 17.0 Å². The van der Waals surface area contributed by atoms with Gasteiger partial charge in [0, 0.05) is 37.0 Å². The Labute approximate surface area is 176 Å². The van der Waals surface area contributed by atoms with Gasteiger partial charge in [-0.1, -0.05) is 12.1 Å². The normalized spacial score (nSPS) is 12.1. The number of aryl methyl sites for hydroxylation is 2. The van der Waals surface area contributed by atoms with Crippen LogP contribution in [0.2, 0.25) is 0 Å².